The topological polar surface area (TPSA) is 111 Å². The molecular weight excluding hydrogens is 534 g/mol. The van der Waals surface area contributed by atoms with Crippen LogP contribution in [0.1, 0.15) is 56.0 Å². The van der Waals surface area contributed by atoms with Crippen molar-refractivity contribution in [1.29, 1.82) is 0 Å². The van der Waals surface area contributed by atoms with E-state index in [1.807, 2.05) is 73.9 Å². The number of nitrogens with zero attached hydrogens (tertiary/aromatic N) is 4. The molecule has 9 heteroatoms. The molecule has 1 saturated carbocycles. The van der Waals surface area contributed by atoms with Gasteiger partial charge in [0.15, 0.2) is 11.5 Å². The summed E-state index contributed by atoms with van der Waals surface area (Å²) in [5.74, 6) is 0.906. The van der Waals surface area contributed by atoms with Crippen LogP contribution in [0.4, 0.5) is 5.82 Å². The Morgan fingerprint density at radius 3 is 2.44 bits per heavy atom. The van der Waals surface area contributed by atoms with E-state index in [9.17, 15) is 4.79 Å². The molecule has 1 fully saturated rings. The molecule has 0 radical (unpaired) electrons. The molecule has 208 valence electrons. The van der Waals surface area contributed by atoms with Crippen molar-refractivity contribution in [2.75, 3.05) is 5.73 Å². The van der Waals surface area contributed by atoms with E-state index in [0.717, 1.165) is 52.9 Å². The van der Waals surface area contributed by atoms with Crippen LogP contribution < -0.4 is 15.9 Å². The van der Waals surface area contributed by atoms with Gasteiger partial charge in [-0.15, -0.1) is 0 Å². The number of carbonyl (C=O) groups excluding carboxylic acids is 1. The lowest BCUT2D eigenvalue weighted by Gasteiger charge is -2.41. The fourth-order valence-electron chi connectivity index (χ4n) is 5.28. The van der Waals surface area contributed by atoms with Crippen molar-refractivity contribution in [1.82, 2.24) is 29.7 Å². The number of aromatic nitrogens is 4. The van der Waals surface area contributed by atoms with E-state index in [0.29, 0.717) is 22.9 Å². The second-order valence-electron chi connectivity index (χ2n) is 11.6. The van der Waals surface area contributed by atoms with Crippen molar-refractivity contribution in [2.24, 2.45) is 0 Å². The van der Waals surface area contributed by atoms with Gasteiger partial charge in [-0.25, -0.2) is 19.8 Å². The minimum Gasteiger partial charge on any atom is -0.383 e. The van der Waals surface area contributed by atoms with Crippen LogP contribution in [0.3, 0.4) is 0 Å². The predicted octanol–water partition coefficient (Wildman–Crippen LogP) is 6.38. The lowest BCUT2D eigenvalue weighted by atomic mass is 9.73. The number of nitrogen functional groups attached to an aromatic ring is 1. The summed E-state index contributed by atoms with van der Waals surface area (Å²) >= 11 is 6.15. The number of nitrogens with one attached hydrogen (secondary N) is 2. The number of rotatable bonds is 6. The Kier molecular flexibility index (Phi) is 6.76. The summed E-state index contributed by atoms with van der Waals surface area (Å²) in [6, 6.07) is 23.5. The molecule has 6 rings (SSSR count). The standard InChI is InChI=1S/C32H32ClN7O/c1-31(2,3)38-30(41)21-8-4-7-20(19-21)25-14-15-26-29(36-25)40(28(37-26)24-9-5-18-35-27(24)34)23-12-10-22(11-13-23)32(39-33)16-6-17-32/h4-5,7-15,18-19,39H,6,16-17H2,1-3H3,(H2,34,35)(H,38,41). The number of hydrogen-bond donors (Lipinski definition) is 3. The highest BCUT2D eigenvalue weighted by molar-refractivity contribution is 6.14. The summed E-state index contributed by atoms with van der Waals surface area (Å²) in [5, 5.41) is 3.02. The number of fused-ring (bicyclic) bond motifs is 1. The van der Waals surface area contributed by atoms with Gasteiger partial charge in [-0.3, -0.25) is 9.36 Å². The van der Waals surface area contributed by atoms with E-state index in [2.05, 4.69) is 39.4 Å². The maximum atomic E-state index is 12.9. The van der Waals surface area contributed by atoms with Crippen molar-refractivity contribution in [3.05, 3.63) is 90.1 Å². The highest BCUT2D eigenvalue weighted by Crippen LogP contribution is 2.42. The monoisotopic (exact) mass is 565 g/mol. The Bertz CT molecular complexity index is 1750. The van der Waals surface area contributed by atoms with Crippen molar-refractivity contribution in [3.63, 3.8) is 0 Å². The molecule has 2 aromatic carbocycles. The first-order valence-electron chi connectivity index (χ1n) is 13.7. The third-order valence-electron chi connectivity index (χ3n) is 7.56. The zero-order valence-electron chi connectivity index (χ0n) is 23.3. The average Bonchev–Trinajstić information content (AvgIpc) is 3.31. The van der Waals surface area contributed by atoms with Crippen molar-refractivity contribution in [2.45, 2.75) is 51.1 Å². The van der Waals surface area contributed by atoms with Crippen LogP contribution in [0, 0.1) is 0 Å². The Morgan fingerprint density at radius 1 is 1.00 bits per heavy atom. The largest absolute Gasteiger partial charge is 0.383 e. The van der Waals surface area contributed by atoms with Crippen LogP contribution in [0.5, 0.6) is 0 Å². The van der Waals surface area contributed by atoms with Crippen LogP contribution in [0.2, 0.25) is 0 Å². The van der Waals surface area contributed by atoms with Gasteiger partial charge in [0.25, 0.3) is 5.91 Å². The van der Waals surface area contributed by atoms with Gasteiger partial charge in [0.2, 0.25) is 0 Å². The SMILES string of the molecule is CC(C)(C)NC(=O)c1cccc(-c2ccc3nc(-c4cccnc4N)n(-c4ccc(C5(NCl)CCC5)cc4)c3n2)c1. The van der Waals surface area contributed by atoms with Crippen LogP contribution in [0.15, 0.2) is 79.0 Å². The van der Waals surface area contributed by atoms with Crippen LogP contribution in [-0.2, 0) is 5.54 Å². The number of amides is 1. The van der Waals surface area contributed by atoms with E-state index < -0.39 is 0 Å². The minimum absolute atomic E-state index is 0.129. The smallest absolute Gasteiger partial charge is 0.251 e. The molecular formula is C32H32ClN7O. The third kappa shape index (κ3) is 5.05. The summed E-state index contributed by atoms with van der Waals surface area (Å²) in [6.07, 6.45) is 4.80. The number of benzene rings is 2. The number of pyridine rings is 2. The van der Waals surface area contributed by atoms with Gasteiger partial charge in [0.1, 0.15) is 11.3 Å². The maximum absolute atomic E-state index is 12.9. The van der Waals surface area contributed by atoms with E-state index in [-0.39, 0.29) is 17.0 Å². The number of anilines is 1. The molecule has 0 atom stereocenters. The van der Waals surface area contributed by atoms with Crippen molar-refractivity contribution >= 4 is 34.7 Å². The number of imidazole rings is 1. The first kappa shape index (κ1) is 26.9. The van der Waals surface area contributed by atoms with Gasteiger partial charge in [0.05, 0.1) is 16.8 Å². The van der Waals surface area contributed by atoms with E-state index >= 15 is 0 Å². The van der Waals surface area contributed by atoms with Gasteiger partial charge < -0.3 is 11.1 Å². The van der Waals surface area contributed by atoms with Gasteiger partial charge in [-0.1, -0.05) is 24.3 Å². The summed E-state index contributed by atoms with van der Waals surface area (Å²) < 4.78 is 2.01. The maximum Gasteiger partial charge on any atom is 0.251 e. The van der Waals surface area contributed by atoms with Crippen LogP contribution >= 0.6 is 11.8 Å². The fraction of sp³-hybridized carbons (Fsp3) is 0.250. The molecule has 1 amide bonds. The van der Waals surface area contributed by atoms with Crippen LogP contribution in [-0.4, -0.2) is 31.0 Å². The molecule has 0 aliphatic heterocycles. The average molecular weight is 566 g/mol. The van der Waals surface area contributed by atoms with Gasteiger partial charge in [-0.2, -0.15) is 0 Å². The first-order valence-corrected chi connectivity index (χ1v) is 14.1. The summed E-state index contributed by atoms with van der Waals surface area (Å²) in [5.41, 5.74) is 12.1. The molecule has 1 aliphatic carbocycles. The molecule has 41 heavy (non-hydrogen) atoms. The van der Waals surface area contributed by atoms with E-state index in [1.54, 1.807) is 6.20 Å². The normalized spacial score (nSPS) is 14.5. The van der Waals surface area contributed by atoms with Gasteiger partial charge in [0, 0.05) is 28.6 Å². The molecule has 0 saturated heterocycles. The Balaban J connectivity index is 1.48. The Labute approximate surface area is 244 Å². The van der Waals surface area contributed by atoms with Crippen molar-refractivity contribution < 1.29 is 4.79 Å². The molecule has 1 aliphatic rings. The zero-order valence-corrected chi connectivity index (χ0v) is 24.0. The number of hydrogen-bond acceptors (Lipinski definition) is 6. The summed E-state index contributed by atoms with van der Waals surface area (Å²) in [7, 11) is 0. The molecule has 0 bridgehead atoms. The molecule has 3 aromatic heterocycles. The predicted molar refractivity (Wildman–Crippen MR) is 164 cm³/mol. The Morgan fingerprint density at radius 2 is 1.78 bits per heavy atom. The lowest BCUT2D eigenvalue weighted by Crippen LogP contribution is -2.43. The van der Waals surface area contributed by atoms with Gasteiger partial charge >= 0.3 is 0 Å². The van der Waals surface area contributed by atoms with Crippen molar-refractivity contribution in [3.8, 4) is 28.3 Å². The Hall–Kier alpha value is -4.27. The highest BCUT2D eigenvalue weighted by atomic mass is 35.5. The molecule has 3 heterocycles. The first-order chi connectivity index (χ1) is 19.7. The number of halogens is 1. The fourth-order valence-corrected chi connectivity index (χ4v) is 5.58. The second-order valence-corrected chi connectivity index (χ2v) is 11.8. The summed E-state index contributed by atoms with van der Waals surface area (Å²) in [4.78, 5) is 30.2. The second kappa shape index (κ2) is 10.3. The third-order valence-corrected chi connectivity index (χ3v) is 7.92. The summed E-state index contributed by atoms with van der Waals surface area (Å²) in [6.45, 7) is 5.88. The molecule has 5 aromatic rings. The molecule has 0 unspecified atom stereocenters. The van der Waals surface area contributed by atoms with E-state index in [1.165, 1.54) is 0 Å². The molecule has 8 nitrogen and oxygen atoms in total. The molecule has 0 spiro atoms. The zero-order chi connectivity index (χ0) is 28.8. The minimum atomic E-state index is -0.338. The van der Waals surface area contributed by atoms with Gasteiger partial charge in [-0.05, 0) is 106 Å². The quantitative estimate of drug-likeness (QED) is 0.206. The highest BCUT2D eigenvalue weighted by Gasteiger charge is 2.38. The lowest BCUT2D eigenvalue weighted by molar-refractivity contribution is 0.0919. The number of nitrogens with two attached hydrogens (primary N) is 1. The molecule has 4 N–H and O–H groups in total. The number of carbonyl (C=O) groups is 1. The van der Waals surface area contributed by atoms with Crippen LogP contribution in [0.25, 0.3) is 39.5 Å². The van der Waals surface area contributed by atoms with E-state index in [4.69, 9.17) is 27.5 Å².